The van der Waals surface area contributed by atoms with Gasteiger partial charge in [-0.05, 0) is 29.3 Å². The Morgan fingerprint density at radius 2 is 1.28 bits per heavy atom. The average molecular weight is 325 g/mol. The first-order valence-electron chi connectivity index (χ1n) is 8.33. The molecule has 1 heterocycles. The fraction of sp³-hybridized carbons (Fsp3) is 0.0435. The minimum atomic E-state index is 0.856. The van der Waals surface area contributed by atoms with E-state index in [1.54, 1.807) is 7.11 Å². The molecule has 0 aliphatic carbocycles. The Morgan fingerprint density at radius 3 is 1.96 bits per heavy atom. The van der Waals surface area contributed by atoms with Gasteiger partial charge >= 0.3 is 0 Å². The summed E-state index contributed by atoms with van der Waals surface area (Å²) in [6.45, 7) is 0. The Kier molecular flexibility index (Phi) is 4.09. The van der Waals surface area contributed by atoms with Crippen LogP contribution in [0.1, 0.15) is 0 Å². The fourth-order valence-corrected chi connectivity index (χ4v) is 3.08. The zero-order chi connectivity index (χ0) is 17.1. The SMILES string of the molecule is COc1cccc(-c2cc(-c3ccccc3)c(-c3ccccc3)[nH]2)c1. The smallest absolute Gasteiger partial charge is 0.119 e. The number of nitrogens with one attached hydrogen (secondary N) is 1. The molecule has 0 aliphatic rings. The molecular weight excluding hydrogens is 306 g/mol. The quantitative estimate of drug-likeness (QED) is 0.487. The van der Waals surface area contributed by atoms with Crippen LogP contribution in [0, 0.1) is 0 Å². The van der Waals surface area contributed by atoms with Gasteiger partial charge in [0.1, 0.15) is 5.75 Å². The van der Waals surface area contributed by atoms with E-state index in [2.05, 4.69) is 71.7 Å². The van der Waals surface area contributed by atoms with Crippen LogP contribution in [0.25, 0.3) is 33.6 Å². The Hall–Kier alpha value is -3.26. The molecule has 4 rings (SSSR count). The van der Waals surface area contributed by atoms with Gasteiger partial charge in [-0.15, -0.1) is 0 Å². The summed E-state index contributed by atoms with van der Waals surface area (Å²) in [5, 5.41) is 0. The Bertz CT molecular complexity index is 914. The lowest BCUT2D eigenvalue weighted by Crippen LogP contribution is -1.84. The molecule has 4 aromatic rings. The number of rotatable bonds is 4. The molecule has 1 N–H and O–H groups in total. The van der Waals surface area contributed by atoms with Gasteiger partial charge in [0.15, 0.2) is 0 Å². The number of aromatic nitrogens is 1. The van der Waals surface area contributed by atoms with Gasteiger partial charge in [0, 0.05) is 16.8 Å². The van der Waals surface area contributed by atoms with Crippen LogP contribution in [-0.4, -0.2) is 12.1 Å². The highest BCUT2D eigenvalue weighted by atomic mass is 16.5. The lowest BCUT2D eigenvalue weighted by Gasteiger charge is -2.04. The molecule has 25 heavy (non-hydrogen) atoms. The summed E-state index contributed by atoms with van der Waals surface area (Å²) in [6, 6.07) is 31.2. The van der Waals surface area contributed by atoms with E-state index >= 15 is 0 Å². The Balaban J connectivity index is 1.89. The zero-order valence-electron chi connectivity index (χ0n) is 14.1. The molecule has 0 atom stereocenters. The highest BCUT2D eigenvalue weighted by molar-refractivity contribution is 5.86. The molecule has 3 aromatic carbocycles. The summed E-state index contributed by atoms with van der Waals surface area (Å²) in [5.41, 5.74) is 6.90. The predicted molar refractivity (Wildman–Crippen MR) is 104 cm³/mol. The molecule has 0 saturated carbocycles. The standard InChI is InChI=1S/C23H19NO/c1-25-20-14-8-13-19(15-20)22-16-21(17-9-4-2-5-10-17)23(24-22)18-11-6-3-7-12-18/h2-16,24H,1H3. The molecule has 0 bridgehead atoms. The molecule has 122 valence electrons. The van der Waals surface area contributed by atoms with Crippen LogP contribution >= 0.6 is 0 Å². The van der Waals surface area contributed by atoms with Crippen molar-refractivity contribution in [2.45, 2.75) is 0 Å². The van der Waals surface area contributed by atoms with Crippen LogP contribution in [0.15, 0.2) is 91.0 Å². The maximum atomic E-state index is 5.37. The van der Waals surface area contributed by atoms with Crippen LogP contribution < -0.4 is 4.74 Å². The van der Waals surface area contributed by atoms with Gasteiger partial charge in [-0.25, -0.2) is 0 Å². The van der Waals surface area contributed by atoms with Crippen molar-refractivity contribution in [3.8, 4) is 39.4 Å². The molecule has 2 heteroatoms. The molecule has 0 aliphatic heterocycles. The van der Waals surface area contributed by atoms with Gasteiger partial charge in [-0.3, -0.25) is 0 Å². The molecular formula is C23H19NO. The second-order valence-electron chi connectivity index (χ2n) is 5.94. The van der Waals surface area contributed by atoms with E-state index < -0.39 is 0 Å². The van der Waals surface area contributed by atoms with E-state index in [-0.39, 0.29) is 0 Å². The van der Waals surface area contributed by atoms with Gasteiger partial charge in [-0.2, -0.15) is 0 Å². The number of hydrogen-bond acceptors (Lipinski definition) is 1. The zero-order valence-corrected chi connectivity index (χ0v) is 14.1. The van der Waals surface area contributed by atoms with Crippen molar-refractivity contribution in [3.05, 3.63) is 91.0 Å². The largest absolute Gasteiger partial charge is 0.497 e. The van der Waals surface area contributed by atoms with Crippen molar-refractivity contribution in [3.63, 3.8) is 0 Å². The average Bonchev–Trinajstić information content (AvgIpc) is 3.15. The number of methoxy groups -OCH3 is 1. The van der Waals surface area contributed by atoms with Gasteiger partial charge in [0.2, 0.25) is 0 Å². The first-order chi connectivity index (χ1) is 12.3. The minimum Gasteiger partial charge on any atom is -0.497 e. The maximum Gasteiger partial charge on any atom is 0.119 e. The predicted octanol–water partition coefficient (Wildman–Crippen LogP) is 6.02. The minimum absolute atomic E-state index is 0.856. The molecule has 1 aromatic heterocycles. The molecule has 2 nitrogen and oxygen atoms in total. The van der Waals surface area contributed by atoms with Crippen molar-refractivity contribution >= 4 is 0 Å². The first kappa shape index (κ1) is 15.3. The summed E-state index contributed by atoms with van der Waals surface area (Å²) in [7, 11) is 1.69. The lowest BCUT2D eigenvalue weighted by atomic mass is 10.0. The van der Waals surface area contributed by atoms with Gasteiger partial charge < -0.3 is 9.72 Å². The summed E-state index contributed by atoms with van der Waals surface area (Å²) in [5.74, 6) is 0.856. The summed E-state index contributed by atoms with van der Waals surface area (Å²) in [4.78, 5) is 3.61. The number of H-pyrrole nitrogens is 1. The Morgan fingerprint density at radius 1 is 0.640 bits per heavy atom. The van der Waals surface area contributed by atoms with Crippen LogP contribution in [0.2, 0.25) is 0 Å². The van der Waals surface area contributed by atoms with Crippen molar-refractivity contribution in [2.75, 3.05) is 7.11 Å². The first-order valence-corrected chi connectivity index (χ1v) is 8.33. The normalized spacial score (nSPS) is 10.6. The van der Waals surface area contributed by atoms with E-state index in [0.717, 1.165) is 22.7 Å². The van der Waals surface area contributed by atoms with E-state index in [9.17, 15) is 0 Å². The number of ether oxygens (including phenoxy) is 1. The van der Waals surface area contributed by atoms with Crippen molar-refractivity contribution < 1.29 is 4.74 Å². The van der Waals surface area contributed by atoms with E-state index in [4.69, 9.17) is 4.74 Å². The van der Waals surface area contributed by atoms with Crippen molar-refractivity contribution in [2.24, 2.45) is 0 Å². The topological polar surface area (TPSA) is 25.0 Å². The monoisotopic (exact) mass is 325 g/mol. The third kappa shape index (κ3) is 3.07. The van der Waals surface area contributed by atoms with Gasteiger partial charge in [0.05, 0.1) is 12.8 Å². The second-order valence-corrected chi connectivity index (χ2v) is 5.94. The van der Waals surface area contributed by atoms with Crippen LogP contribution in [-0.2, 0) is 0 Å². The van der Waals surface area contributed by atoms with Crippen LogP contribution in [0.3, 0.4) is 0 Å². The molecule has 0 unspecified atom stereocenters. The Labute approximate surface area is 147 Å². The third-order valence-electron chi connectivity index (χ3n) is 4.35. The third-order valence-corrected chi connectivity index (χ3v) is 4.35. The number of aromatic amines is 1. The van der Waals surface area contributed by atoms with Crippen molar-refractivity contribution in [1.82, 2.24) is 4.98 Å². The summed E-state index contributed by atoms with van der Waals surface area (Å²) >= 11 is 0. The number of benzene rings is 3. The summed E-state index contributed by atoms with van der Waals surface area (Å²) < 4.78 is 5.37. The highest BCUT2D eigenvalue weighted by Gasteiger charge is 2.13. The van der Waals surface area contributed by atoms with E-state index in [1.807, 2.05) is 24.3 Å². The number of hydrogen-bond donors (Lipinski definition) is 1. The summed E-state index contributed by atoms with van der Waals surface area (Å²) in [6.07, 6.45) is 0. The van der Waals surface area contributed by atoms with Crippen LogP contribution in [0.5, 0.6) is 5.75 Å². The molecule has 0 radical (unpaired) electrons. The molecule has 0 fully saturated rings. The van der Waals surface area contributed by atoms with Gasteiger partial charge in [-0.1, -0.05) is 72.8 Å². The molecule has 0 spiro atoms. The van der Waals surface area contributed by atoms with Gasteiger partial charge in [0.25, 0.3) is 0 Å². The molecule has 0 amide bonds. The van der Waals surface area contributed by atoms with Crippen LogP contribution in [0.4, 0.5) is 0 Å². The lowest BCUT2D eigenvalue weighted by molar-refractivity contribution is 0.415. The maximum absolute atomic E-state index is 5.37. The van der Waals surface area contributed by atoms with E-state index in [1.165, 1.54) is 16.7 Å². The molecule has 0 saturated heterocycles. The highest BCUT2D eigenvalue weighted by Crippen LogP contribution is 2.36. The van der Waals surface area contributed by atoms with Crippen molar-refractivity contribution in [1.29, 1.82) is 0 Å². The fourth-order valence-electron chi connectivity index (χ4n) is 3.08. The second kappa shape index (κ2) is 6.70. The van der Waals surface area contributed by atoms with E-state index in [0.29, 0.717) is 0 Å².